The number of sulfonamides is 1. The van der Waals surface area contributed by atoms with Crippen molar-refractivity contribution in [3.8, 4) is 11.6 Å². The second-order valence-corrected chi connectivity index (χ2v) is 20.8. The minimum Gasteiger partial charge on any atom is -0.491 e. The van der Waals surface area contributed by atoms with Crippen molar-refractivity contribution < 1.29 is 41.8 Å². The van der Waals surface area contributed by atoms with E-state index in [4.69, 9.17) is 14.2 Å². The first-order valence-electron chi connectivity index (χ1n) is 21.6. The first-order chi connectivity index (χ1) is 28.1. The van der Waals surface area contributed by atoms with Gasteiger partial charge in [-0.3, -0.25) is 19.1 Å². The Bertz CT molecular complexity index is 2110. The number of fused-ring (bicyclic) bond motifs is 4. The standard InChI is InChI=1S/C44H59N5O9S/c1-6-17-56-36-23-45-39(32-14-10-9-13-31(32)36)57-30-21-35-38(50)47-44(41(52)48-59(54,55)43(5)15-16-43)22-28(44)12-8-7-11-25(2)18-26(3)37(40(51)49(35)24-30)46-42(53)58-29-19-33-27(4)34(33)20-29/h8-10,12-14,23,25-30,33-35,37H,6-7,11,15-22,24H2,1-5H3,(H,46,53)(H,47,50)(H,48,52). The van der Waals surface area contributed by atoms with Crippen molar-refractivity contribution in [3.63, 3.8) is 0 Å². The van der Waals surface area contributed by atoms with Crippen LogP contribution in [0.2, 0.25) is 0 Å². The van der Waals surface area contributed by atoms with Gasteiger partial charge in [-0.25, -0.2) is 18.2 Å². The highest BCUT2D eigenvalue weighted by atomic mass is 32.2. The molecule has 0 radical (unpaired) electrons. The molecular weight excluding hydrogens is 775 g/mol. The Morgan fingerprint density at radius 1 is 1.02 bits per heavy atom. The largest absolute Gasteiger partial charge is 0.491 e. The first-order valence-corrected chi connectivity index (χ1v) is 23.1. The molecule has 320 valence electrons. The molecule has 1 aromatic heterocycles. The third kappa shape index (κ3) is 8.24. The van der Waals surface area contributed by atoms with Crippen LogP contribution < -0.4 is 24.8 Å². The van der Waals surface area contributed by atoms with Gasteiger partial charge in [0.2, 0.25) is 27.7 Å². The highest BCUT2D eigenvalue weighted by Crippen LogP contribution is 2.57. The first kappa shape index (κ1) is 41.3. The lowest BCUT2D eigenvalue weighted by Gasteiger charge is -2.33. The van der Waals surface area contributed by atoms with Crippen molar-refractivity contribution in [1.82, 2.24) is 25.2 Å². The maximum absolute atomic E-state index is 15.0. The number of nitrogens with zero attached hydrogens (tertiary/aromatic N) is 2. The molecule has 3 N–H and O–H groups in total. The van der Waals surface area contributed by atoms with Crippen LogP contribution in [0.4, 0.5) is 4.79 Å². The fraction of sp³-hybridized carbons (Fsp3) is 0.659. The van der Waals surface area contributed by atoms with Crippen LogP contribution >= 0.6 is 0 Å². The van der Waals surface area contributed by atoms with Gasteiger partial charge in [-0.05, 0) is 100 Å². The van der Waals surface area contributed by atoms with Crippen LogP contribution in [-0.2, 0) is 29.1 Å². The van der Waals surface area contributed by atoms with E-state index in [1.54, 1.807) is 13.1 Å². The van der Waals surface area contributed by atoms with Gasteiger partial charge >= 0.3 is 6.09 Å². The molecule has 15 heteroatoms. The fourth-order valence-corrected chi connectivity index (χ4v) is 11.2. The number of carbonyl (C=O) groups is 4. The highest BCUT2D eigenvalue weighted by Gasteiger charge is 2.63. The fourth-order valence-electron chi connectivity index (χ4n) is 9.84. The van der Waals surface area contributed by atoms with Gasteiger partial charge in [0.25, 0.3) is 5.91 Å². The van der Waals surface area contributed by atoms with Crippen LogP contribution in [-0.4, -0.2) is 89.8 Å². The van der Waals surface area contributed by atoms with Crippen molar-refractivity contribution in [1.29, 1.82) is 0 Å². The van der Waals surface area contributed by atoms with E-state index in [0.717, 1.165) is 31.1 Å². The summed E-state index contributed by atoms with van der Waals surface area (Å²) in [6.45, 7) is 10.4. The Morgan fingerprint density at radius 3 is 2.46 bits per heavy atom. The number of rotatable bonds is 10. The molecule has 0 bridgehead atoms. The summed E-state index contributed by atoms with van der Waals surface area (Å²) in [5.74, 6) is 0.281. The van der Waals surface area contributed by atoms with Gasteiger partial charge in [0.1, 0.15) is 35.6 Å². The molecule has 4 saturated carbocycles. The zero-order chi connectivity index (χ0) is 41.9. The Hall–Kier alpha value is -4.40. The molecular formula is C44H59N5O9S. The van der Waals surface area contributed by atoms with Crippen molar-refractivity contribution in [2.45, 2.75) is 133 Å². The van der Waals surface area contributed by atoms with Crippen molar-refractivity contribution in [2.75, 3.05) is 13.2 Å². The molecule has 0 spiro atoms. The third-order valence-electron chi connectivity index (χ3n) is 14.1. The summed E-state index contributed by atoms with van der Waals surface area (Å²) in [7, 11) is -4.00. The van der Waals surface area contributed by atoms with Gasteiger partial charge in [0.15, 0.2) is 0 Å². The highest BCUT2D eigenvalue weighted by molar-refractivity contribution is 7.91. The van der Waals surface area contributed by atoms with Crippen LogP contribution in [0, 0.1) is 35.5 Å². The van der Waals surface area contributed by atoms with E-state index in [9.17, 15) is 27.6 Å². The van der Waals surface area contributed by atoms with Crippen LogP contribution in [0.15, 0.2) is 42.6 Å². The summed E-state index contributed by atoms with van der Waals surface area (Å²) in [5, 5.41) is 7.39. The number of allylic oxidation sites excluding steroid dienone is 1. The summed E-state index contributed by atoms with van der Waals surface area (Å²) in [6.07, 6.45) is 9.62. The van der Waals surface area contributed by atoms with Gasteiger partial charge in [-0.15, -0.1) is 0 Å². The molecule has 59 heavy (non-hydrogen) atoms. The summed E-state index contributed by atoms with van der Waals surface area (Å²) >= 11 is 0. The molecule has 8 rings (SSSR count). The molecule has 2 aromatic rings. The van der Waals surface area contributed by atoms with E-state index in [-0.39, 0.29) is 37.3 Å². The maximum atomic E-state index is 15.0. The second kappa shape index (κ2) is 15.9. The van der Waals surface area contributed by atoms with Gasteiger partial charge < -0.3 is 29.7 Å². The van der Waals surface area contributed by atoms with Crippen LogP contribution in [0.5, 0.6) is 11.6 Å². The van der Waals surface area contributed by atoms with E-state index < -0.39 is 68.2 Å². The molecule has 1 saturated heterocycles. The van der Waals surface area contributed by atoms with Gasteiger partial charge in [-0.2, -0.15) is 0 Å². The molecule has 2 aliphatic heterocycles. The number of pyridine rings is 1. The number of nitrogens with one attached hydrogen (secondary N) is 3. The predicted molar refractivity (Wildman–Crippen MR) is 220 cm³/mol. The second-order valence-electron chi connectivity index (χ2n) is 18.6. The minimum absolute atomic E-state index is 0.00432. The average molecular weight is 834 g/mol. The summed E-state index contributed by atoms with van der Waals surface area (Å²) in [5.41, 5.74) is -1.52. The van der Waals surface area contributed by atoms with Crippen LogP contribution in [0.1, 0.15) is 98.8 Å². The average Bonchev–Trinajstić information content (AvgIpc) is 4.12. The number of ether oxygens (including phenoxy) is 3. The number of carbonyl (C=O) groups excluding carboxylic acids is 4. The lowest BCUT2D eigenvalue weighted by Crippen LogP contribution is -2.59. The summed E-state index contributed by atoms with van der Waals surface area (Å²) in [6, 6.07) is 5.45. The summed E-state index contributed by atoms with van der Waals surface area (Å²) in [4.78, 5) is 63.3. The molecule has 4 aliphatic carbocycles. The maximum Gasteiger partial charge on any atom is 0.408 e. The molecule has 4 amide bonds. The van der Waals surface area contributed by atoms with Gasteiger partial charge in [-0.1, -0.05) is 58.0 Å². The molecule has 5 fully saturated rings. The molecule has 3 heterocycles. The van der Waals surface area contributed by atoms with E-state index in [2.05, 4.69) is 34.2 Å². The Morgan fingerprint density at radius 2 is 1.75 bits per heavy atom. The lowest BCUT2D eigenvalue weighted by molar-refractivity contribution is -0.142. The Kier molecular flexibility index (Phi) is 11.1. The van der Waals surface area contributed by atoms with E-state index in [1.165, 1.54) is 4.90 Å². The molecule has 1 aromatic carbocycles. The monoisotopic (exact) mass is 833 g/mol. The number of benzene rings is 1. The number of amides is 4. The molecule has 9 unspecified atom stereocenters. The number of hydrogen-bond acceptors (Lipinski definition) is 10. The minimum atomic E-state index is -4.00. The van der Waals surface area contributed by atoms with E-state index in [0.29, 0.717) is 67.1 Å². The number of aromatic nitrogens is 1. The Balaban J connectivity index is 1.09. The smallest absolute Gasteiger partial charge is 0.408 e. The third-order valence-corrected chi connectivity index (χ3v) is 16.2. The Labute approximate surface area is 347 Å². The molecule has 6 aliphatic rings. The zero-order valence-electron chi connectivity index (χ0n) is 34.8. The van der Waals surface area contributed by atoms with Crippen LogP contribution in [0.3, 0.4) is 0 Å². The number of hydrogen-bond donors (Lipinski definition) is 3. The van der Waals surface area contributed by atoms with Gasteiger partial charge in [0.05, 0.1) is 24.1 Å². The summed E-state index contributed by atoms with van der Waals surface area (Å²) < 4.78 is 46.2. The van der Waals surface area contributed by atoms with Crippen molar-refractivity contribution in [2.24, 2.45) is 35.5 Å². The molecule has 14 nitrogen and oxygen atoms in total. The van der Waals surface area contributed by atoms with Gasteiger partial charge in [0, 0.05) is 23.1 Å². The van der Waals surface area contributed by atoms with Crippen molar-refractivity contribution in [3.05, 3.63) is 42.6 Å². The SMILES string of the molecule is CCCOc1cnc(OC2CC3C(=O)NC4(C(=O)NS(=O)(=O)C5(C)CC5)CC4C=CCCC(C)CC(C)C(NC(=O)OC4CC5C(C)C5C4)C(=O)N3C2)c2ccccc12. The number of alkyl carbamates (subject to hydrolysis) is 1. The molecule has 9 atom stereocenters. The zero-order valence-corrected chi connectivity index (χ0v) is 35.6. The topological polar surface area (TPSA) is 182 Å². The normalized spacial score (nSPS) is 34.9. The lowest BCUT2D eigenvalue weighted by atomic mass is 9.88. The quantitative estimate of drug-likeness (QED) is 0.263. The van der Waals surface area contributed by atoms with E-state index >= 15 is 0 Å². The van der Waals surface area contributed by atoms with Crippen LogP contribution in [0.25, 0.3) is 10.8 Å². The van der Waals surface area contributed by atoms with Crippen molar-refractivity contribution >= 4 is 44.6 Å². The van der Waals surface area contributed by atoms with E-state index in [1.807, 2.05) is 50.3 Å². The predicted octanol–water partition coefficient (Wildman–Crippen LogP) is 5.40.